The maximum absolute atomic E-state index is 13.5. The quantitative estimate of drug-likeness (QED) is 0.0911. The van der Waals surface area contributed by atoms with Gasteiger partial charge in [-0.05, 0) is 146 Å². The number of aromatic nitrogens is 2. The van der Waals surface area contributed by atoms with Crippen molar-refractivity contribution in [3.63, 3.8) is 0 Å². The van der Waals surface area contributed by atoms with Crippen LogP contribution in [0.2, 0.25) is 0 Å². The van der Waals surface area contributed by atoms with Gasteiger partial charge in [0.15, 0.2) is 0 Å². The van der Waals surface area contributed by atoms with E-state index in [1.807, 2.05) is 20.8 Å². The Morgan fingerprint density at radius 3 is 1.66 bits per heavy atom. The number of amides is 3. The molecule has 4 aliphatic rings. The van der Waals surface area contributed by atoms with Crippen molar-refractivity contribution in [1.29, 1.82) is 0 Å². The van der Waals surface area contributed by atoms with Gasteiger partial charge in [0, 0.05) is 64.8 Å². The molecule has 0 spiro atoms. The number of benzene rings is 2. The first-order valence-corrected chi connectivity index (χ1v) is 24.0. The highest BCUT2D eigenvalue weighted by atomic mass is 16.6. The minimum atomic E-state index is -0.742. The predicted molar refractivity (Wildman–Crippen MR) is 257 cm³/mol. The van der Waals surface area contributed by atoms with Gasteiger partial charge >= 0.3 is 18.2 Å². The van der Waals surface area contributed by atoms with E-state index in [0.29, 0.717) is 43.8 Å². The van der Waals surface area contributed by atoms with Gasteiger partial charge in [0.05, 0.1) is 12.0 Å². The highest BCUT2D eigenvalue weighted by molar-refractivity contribution is 5.87. The SMILES string of the molecule is CC(C)(C)OC(=O)NCC1CC(C(=O)O)C1.CC(C)CC1NCCc2c1[nH]c1ccccc21.CC(C)CC1c2[nH]c3ccccc3c2CCN1C(=O)C1CC(CNC(=O)OC(C)(C)C)C1. The summed E-state index contributed by atoms with van der Waals surface area (Å²) in [6.45, 7) is 23.0. The van der Waals surface area contributed by atoms with Crippen LogP contribution in [0.15, 0.2) is 48.5 Å². The lowest BCUT2D eigenvalue weighted by molar-refractivity contribution is -0.146. The van der Waals surface area contributed by atoms with Crippen LogP contribution in [0.25, 0.3) is 21.8 Å². The molecule has 2 aliphatic carbocycles. The molecule has 0 bridgehead atoms. The van der Waals surface area contributed by atoms with Gasteiger partial charge in [-0.2, -0.15) is 0 Å². The van der Waals surface area contributed by atoms with Crippen LogP contribution in [0.3, 0.4) is 0 Å². The second-order valence-corrected chi connectivity index (χ2v) is 21.6. The Kier molecular flexibility index (Phi) is 16.0. The van der Waals surface area contributed by atoms with E-state index in [1.165, 1.54) is 45.2 Å². The topological polar surface area (TPSA) is 178 Å². The largest absolute Gasteiger partial charge is 0.481 e. The Labute approximate surface area is 385 Å². The number of para-hydroxylation sites is 2. The molecule has 3 amide bonds. The maximum Gasteiger partial charge on any atom is 0.407 e. The number of alkyl carbamates (subject to hydrolysis) is 2. The minimum absolute atomic E-state index is 0.0565. The van der Waals surface area contributed by atoms with Gasteiger partial charge in [-0.3, -0.25) is 9.59 Å². The summed E-state index contributed by atoms with van der Waals surface area (Å²) in [6.07, 6.45) is 6.35. The predicted octanol–water partition coefficient (Wildman–Crippen LogP) is 10.2. The number of carboxylic acids is 1. The molecule has 4 heterocycles. The highest BCUT2D eigenvalue weighted by Gasteiger charge is 2.42. The van der Waals surface area contributed by atoms with Gasteiger partial charge in [-0.25, -0.2) is 9.59 Å². The molecular weight excluding hydrogens is 821 g/mol. The molecule has 2 unspecified atom stereocenters. The number of carbonyl (C=O) groups is 4. The van der Waals surface area contributed by atoms with Gasteiger partial charge in [0.1, 0.15) is 11.2 Å². The zero-order valence-electron chi connectivity index (χ0n) is 40.6. The Hall–Kier alpha value is -5.04. The first-order chi connectivity index (χ1) is 30.7. The number of nitrogens with zero attached hydrogens (tertiary/aromatic N) is 1. The van der Waals surface area contributed by atoms with E-state index in [1.54, 1.807) is 20.8 Å². The second-order valence-electron chi connectivity index (χ2n) is 21.6. The van der Waals surface area contributed by atoms with Crippen molar-refractivity contribution in [1.82, 2.24) is 30.8 Å². The lowest BCUT2D eigenvalue weighted by atomic mass is 9.73. The first kappa shape index (κ1) is 49.4. The Morgan fingerprint density at radius 1 is 0.692 bits per heavy atom. The molecular formula is C52H76N6O7. The van der Waals surface area contributed by atoms with E-state index in [9.17, 15) is 19.2 Å². The Balaban J connectivity index is 0.000000178. The van der Waals surface area contributed by atoms with Gasteiger partial charge in [-0.1, -0.05) is 64.1 Å². The number of ether oxygens (including phenoxy) is 2. The number of hydrogen-bond acceptors (Lipinski definition) is 7. The number of aromatic amines is 2. The third-order valence-corrected chi connectivity index (χ3v) is 12.8. The van der Waals surface area contributed by atoms with Crippen LogP contribution >= 0.6 is 0 Å². The standard InChI is InChI=1S/C26H37N3O3.C15H20N2.C11H19NO4/c1-16(2)12-22-23-20(19-8-6-7-9-21(19)28-23)10-11-29(22)24(30)18-13-17(14-18)15-27-25(31)32-26(3,4)5;1-10(2)9-14-15-12(7-8-16-14)11-5-3-4-6-13(11)17-15;1-11(2,3)16-10(15)12-6-7-4-8(5-7)9(13)14/h6-9,16-18,22,28H,10-15H2,1-5H3,(H,27,31);3-6,10,14,16-17H,7-9H2,1-2H3;7-8H,4-6H2,1-3H3,(H,12,15)(H,13,14). The monoisotopic (exact) mass is 897 g/mol. The summed E-state index contributed by atoms with van der Waals surface area (Å²) < 4.78 is 10.4. The number of rotatable bonds is 10. The molecule has 2 atom stereocenters. The molecule has 2 aromatic heterocycles. The second kappa shape index (κ2) is 21.1. The van der Waals surface area contributed by atoms with E-state index in [2.05, 4.69) is 107 Å². The fourth-order valence-corrected chi connectivity index (χ4v) is 9.73. The van der Waals surface area contributed by atoms with E-state index in [4.69, 9.17) is 14.6 Å². The van der Waals surface area contributed by atoms with Crippen LogP contribution < -0.4 is 16.0 Å². The number of nitrogens with one attached hydrogen (secondary N) is 5. The van der Waals surface area contributed by atoms with Crippen LogP contribution in [0.1, 0.15) is 142 Å². The number of carboxylic acid groups (broad SMARTS) is 1. The normalized spacial score (nSPS) is 22.6. The number of hydrogen-bond donors (Lipinski definition) is 6. The van der Waals surface area contributed by atoms with Crippen LogP contribution in [-0.2, 0) is 31.9 Å². The van der Waals surface area contributed by atoms with Crippen LogP contribution in [0, 0.1) is 35.5 Å². The lowest BCUT2D eigenvalue weighted by Gasteiger charge is -2.43. The molecule has 6 N–H and O–H groups in total. The van der Waals surface area contributed by atoms with E-state index < -0.39 is 23.3 Å². The average Bonchev–Trinajstić information content (AvgIpc) is 3.75. The molecule has 2 aliphatic heterocycles. The molecule has 4 aromatic rings. The summed E-state index contributed by atoms with van der Waals surface area (Å²) >= 11 is 0. The van der Waals surface area contributed by atoms with Crippen molar-refractivity contribution in [2.75, 3.05) is 26.2 Å². The van der Waals surface area contributed by atoms with E-state index in [0.717, 1.165) is 56.6 Å². The third-order valence-electron chi connectivity index (χ3n) is 12.8. The number of fused-ring (bicyclic) bond motifs is 6. The summed E-state index contributed by atoms with van der Waals surface area (Å²) in [4.78, 5) is 56.5. The minimum Gasteiger partial charge on any atom is -0.481 e. The summed E-state index contributed by atoms with van der Waals surface area (Å²) in [5, 5.41) is 20.5. The van der Waals surface area contributed by atoms with Gasteiger partial charge in [-0.15, -0.1) is 0 Å². The van der Waals surface area contributed by atoms with Gasteiger partial charge in [0.2, 0.25) is 5.91 Å². The summed E-state index contributed by atoms with van der Waals surface area (Å²) in [5.74, 6) is 1.19. The lowest BCUT2D eigenvalue weighted by Crippen LogP contribution is -2.48. The summed E-state index contributed by atoms with van der Waals surface area (Å²) in [6, 6.07) is 17.7. The van der Waals surface area contributed by atoms with E-state index in [-0.39, 0.29) is 35.8 Å². The fourth-order valence-electron chi connectivity index (χ4n) is 9.73. The van der Waals surface area contributed by atoms with Gasteiger partial charge in [0.25, 0.3) is 0 Å². The molecule has 13 nitrogen and oxygen atoms in total. The van der Waals surface area contributed by atoms with Crippen molar-refractivity contribution in [3.8, 4) is 0 Å². The van der Waals surface area contributed by atoms with Gasteiger partial charge < -0.3 is 45.4 Å². The van der Waals surface area contributed by atoms with Crippen molar-refractivity contribution in [2.45, 2.75) is 144 Å². The highest BCUT2D eigenvalue weighted by Crippen LogP contribution is 2.42. The van der Waals surface area contributed by atoms with E-state index >= 15 is 0 Å². The molecule has 8 rings (SSSR count). The zero-order chi connectivity index (χ0) is 47.2. The molecule has 65 heavy (non-hydrogen) atoms. The van der Waals surface area contributed by atoms with Crippen molar-refractivity contribution < 1.29 is 33.8 Å². The molecule has 0 saturated heterocycles. The smallest absolute Gasteiger partial charge is 0.407 e. The third kappa shape index (κ3) is 13.3. The fraction of sp³-hybridized carbons (Fsp3) is 0.615. The number of H-pyrrole nitrogens is 2. The summed E-state index contributed by atoms with van der Waals surface area (Å²) in [7, 11) is 0. The molecule has 2 fully saturated rings. The maximum atomic E-state index is 13.5. The molecule has 13 heteroatoms. The Bertz CT molecular complexity index is 2250. The number of carbonyl (C=O) groups excluding carboxylic acids is 3. The van der Waals surface area contributed by atoms with Crippen LogP contribution in [0.5, 0.6) is 0 Å². The Morgan fingerprint density at radius 2 is 1.17 bits per heavy atom. The first-order valence-electron chi connectivity index (χ1n) is 24.0. The molecule has 2 aromatic carbocycles. The summed E-state index contributed by atoms with van der Waals surface area (Å²) in [5.41, 5.74) is 7.02. The van der Waals surface area contributed by atoms with Crippen LogP contribution in [-0.4, -0.2) is 81.4 Å². The number of aliphatic carboxylic acids is 1. The zero-order valence-corrected chi connectivity index (χ0v) is 40.6. The molecule has 356 valence electrons. The van der Waals surface area contributed by atoms with Crippen LogP contribution in [0.4, 0.5) is 9.59 Å². The average molecular weight is 897 g/mol. The molecule has 2 saturated carbocycles. The van der Waals surface area contributed by atoms with Crippen molar-refractivity contribution >= 4 is 45.9 Å². The van der Waals surface area contributed by atoms with Crippen molar-refractivity contribution in [3.05, 3.63) is 71.0 Å². The molecule has 0 radical (unpaired) electrons. The van der Waals surface area contributed by atoms with Crippen molar-refractivity contribution in [2.24, 2.45) is 35.5 Å².